The molecule has 0 radical (unpaired) electrons. The zero-order valence-corrected chi connectivity index (χ0v) is 17.2. The Morgan fingerprint density at radius 2 is 2.14 bits per heavy atom. The van der Waals surface area contributed by atoms with Crippen molar-refractivity contribution in [2.75, 3.05) is 5.75 Å². The second-order valence-corrected chi connectivity index (χ2v) is 7.83. The average molecular weight is 410 g/mol. The van der Waals surface area contributed by atoms with Crippen molar-refractivity contribution in [1.82, 2.24) is 25.1 Å². The van der Waals surface area contributed by atoms with Gasteiger partial charge in [0, 0.05) is 28.7 Å². The number of H-pyrrole nitrogens is 1. The number of aromatic amines is 1. The van der Waals surface area contributed by atoms with E-state index in [0.29, 0.717) is 11.7 Å². The van der Waals surface area contributed by atoms with Gasteiger partial charge in [0.15, 0.2) is 11.0 Å². The van der Waals surface area contributed by atoms with Crippen LogP contribution in [-0.4, -0.2) is 37.5 Å². The summed E-state index contributed by atoms with van der Waals surface area (Å²) < 4.78 is 7.54. The topological polar surface area (TPSA) is 88.7 Å². The summed E-state index contributed by atoms with van der Waals surface area (Å²) in [5.74, 6) is 1.82. The molecule has 150 valence electrons. The number of nitrogens with zero attached hydrogens (tertiary/aromatic N) is 3. The molecule has 8 heteroatoms. The van der Waals surface area contributed by atoms with Gasteiger partial charge >= 0.3 is 0 Å². The largest absolute Gasteiger partial charge is 0.467 e. The number of aromatic nitrogens is 4. The first kappa shape index (κ1) is 19.3. The lowest BCUT2D eigenvalue weighted by atomic mass is 10.1. The molecule has 4 aromatic rings. The van der Waals surface area contributed by atoms with Crippen LogP contribution in [0.25, 0.3) is 22.3 Å². The maximum absolute atomic E-state index is 12.2. The van der Waals surface area contributed by atoms with Crippen LogP contribution in [0.15, 0.2) is 58.4 Å². The number of para-hydroxylation sites is 1. The van der Waals surface area contributed by atoms with Gasteiger partial charge in [0.25, 0.3) is 0 Å². The van der Waals surface area contributed by atoms with Gasteiger partial charge in [-0.1, -0.05) is 36.9 Å². The summed E-state index contributed by atoms with van der Waals surface area (Å²) in [4.78, 5) is 15.5. The number of hydrogen-bond acceptors (Lipinski definition) is 5. The Balaban J connectivity index is 1.64. The van der Waals surface area contributed by atoms with Gasteiger partial charge in [0.2, 0.25) is 5.91 Å². The Morgan fingerprint density at radius 3 is 2.93 bits per heavy atom. The van der Waals surface area contributed by atoms with Crippen molar-refractivity contribution in [3.8, 4) is 11.4 Å². The third-order valence-corrected chi connectivity index (χ3v) is 5.76. The van der Waals surface area contributed by atoms with Crippen molar-refractivity contribution in [2.24, 2.45) is 0 Å². The van der Waals surface area contributed by atoms with Gasteiger partial charge < -0.3 is 14.7 Å². The second kappa shape index (κ2) is 8.57. The number of thioether (sulfide) groups is 1. The van der Waals surface area contributed by atoms with Crippen LogP contribution >= 0.6 is 11.8 Å². The van der Waals surface area contributed by atoms with Gasteiger partial charge in [-0.3, -0.25) is 9.36 Å². The van der Waals surface area contributed by atoms with Crippen LogP contribution in [0.3, 0.4) is 0 Å². The Bertz CT molecular complexity index is 1100. The Hall–Kier alpha value is -3.00. The fourth-order valence-corrected chi connectivity index (χ4v) is 3.85. The third kappa shape index (κ3) is 4.22. The zero-order chi connectivity index (χ0) is 20.2. The predicted octanol–water partition coefficient (Wildman–Crippen LogP) is 4.07. The molecule has 3 heterocycles. The van der Waals surface area contributed by atoms with E-state index in [1.54, 1.807) is 6.26 Å². The lowest BCUT2D eigenvalue weighted by Crippen LogP contribution is -2.33. The number of hydrogen-bond donors (Lipinski definition) is 2. The van der Waals surface area contributed by atoms with Crippen LogP contribution in [-0.2, 0) is 11.3 Å². The number of carbonyl (C=O) groups excluding carboxylic acids is 1. The van der Waals surface area contributed by atoms with E-state index in [-0.39, 0.29) is 17.7 Å². The number of fused-ring (bicyclic) bond motifs is 1. The molecule has 0 spiro atoms. The lowest BCUT2D eigenvalue weighted by molar-refractivity contribution is -0.119. The first-order valence-electron chi connectivity index (χ1n) is 9.60. The molecule has 3 aromatic heterocycles. The highest BCUT2D eigenvalue weighted by molar-refractivity contribution is 7.99. The molecule has 1 aromatic carbocycles. The monoisotopic (exact) mass is 409 g/mol. The SMILES string of the molecule is CC[C@@H](C)NC(=O)CSc1nnc(-c2c[nH]c3ccccc23)n1Cc1ccco1. The summed E-state index contributed by atoms with van der Waals surface area (Å²) in [6, 6.07) is 12.0. The van der Waals surface area contributed by atoms with Crippen LogP contribution in [0.4, 0.5) is 0 Å². The molecular weight excluding hydrogens is 386 g/mol. The minimum atomic E-state index is -0.00876. The fourth-order valence-electron chi connectivity index (χ4n) is 3.10. The fraction of sp³-hybridized carbons (Fsp3) is 0.286. The molecule has 7 nitrogen and oxygen atoms in total. The molecule has 0 saturated heterocycles. The zero-order valence-electron chi connectivity index (χ0n) is 16.4. The number of nitrogens with one attached hydrogen (secondary N) is 2. The first-order valence-corrected chi connectivity index (χ1v) is 10.6. The summed E-state index contributed by atoms with van der Waals surface area (Å²) in [6.45, 7) is 4.53. The van der Waals surface area contributed by atoms with Gasteiger partial charge in [-0.2, -0.15) is 0 Å². The molecule has 0 unspecified atom stereocenters. The summed E-state index contributed by atoms with van der Waals surface area (Å²) in [6.07, 6.45) is 4.49. The second-order valence-electron chi connectivity index (χ2n) is 6.89. The lowest BCUT2D eigenvalue weighted by Gasteiger charge is -2.11. The Labute approximate surface area is 172 Å². The van der Waals surface area contributed by atoms with Gasteiger partial charge in [-0.25, -0.2) is 0 Å². The summed E-state index contributed by atoms with van der Waals surface area (Å²) in [5, 5.41) is 13.6. The van der Waals surface area contributed by atoms with Crippen LogP contribution in [0.5, 0.6) is 0 Å². The molecular formula is C21H23N5O2S. The van der Waals surface area contributed by atoms with E-state index in [9.17, 15) is 4.79 Å². The molecule has 29 heavy (non-hydrogen) atoms. The first-order chi connectivity index (χ1) is 14.2. The minimum absolute atomic E-state index is 0.00876. The van der Waals surface area contributed by atoms with Crippen LogP contribution in [0, 0.1) is 0 Å². The maximum atomic E-state index is 12.2. The number of amides is 1. The molecule has 1 amide bonds. The minimum Gasteiger partial charge on any atom is -0.467 e. The van der Waals surface area contributed by atoms with E-state index in [1.807, 2.05) is 54.9 Å². The molecule has 0 saturated carbocycles. The van der Waals surface area contributed by atoms with E-state index in [2.05, 4.69) is 26.6 Å². The van der Waals surface area contributed by atoms with Crippen LogP contribution in [0.2, 0.25) is 0 Å². The number of carbonyl (C=O) groups is 1. The highest BCUT2D eigenvalue weighted by Gasteiger charge is 2.19. The highest BCUT2D eigenvalue weighted by atomic mass is 32.2. The molecule has 0 aliphatic carbocycles. The highest BCUT2D eigenvalue weighted by Crippen LogP contribution is 2.30. The van der Waals surface area contributed by atoms with E-state index in [4.69, 9.17) is 4.42 Å². The molecule has 2 N–H and O–H groups in total. The third-order valence-electron chi connectivity index (χ3n) is 4.79. The molecule has 0 fully saturated rings. The average Bonchev–Trinajstić information content (AvgIpc) is 3.46. The summed E-state index contributed by atoms with van der Waals surface area (Å²) >= 11 is 1.38. The summed E-state index contributed by atoms with van der Waals surface area (Å²) in [5.41, 5.74) is 2.01. The van der Waals surface area contributed by atoms with Crippen LogP contribution < -0.4 is 5.32 Å². The molecule has 0 aliphatic heterocycles. The van der Waals surface area contributed by atoms with Gasteiger partial charge in [0.1, 0.15) is 5.76 Å². The number of benzene rings is 1. The van der Waals surface area contributed by atoms with Gasteiger partial charge in [-0.15, -0.1) is 10.2 Å². The molecule has 1 atom stereocenters. The van der Waals surface area contributed by atoms with Crippen molar-refractivity contribution in [1.29, 1.82) is 0 Å². The van der Waals surface area contributed by atoms with E-state index >= 15 is 0 Å². The molecule has 0 bridgehead atoms. The number of rotatable bonds is 8. The smallest absolute Gasteiger partial charge is 0.230 e. The summed E-state index contributed by atoms with van der Waals surface area (Å²) in [7, 11) is 0. The Morgan fingerprint density at radius 1 is 1.28 bits per heavy atom. The van der Waals surface area contributed by atoms with Crippen molar-refractivity contribution in [3.05, 3.63) is 54.6 Å². The van der Waals surface area contributed by atoms with E-state index in [0.717, 1.165) is 34.5 Å². The standard InChI is InChI=1S/C21H23N5O2S/c1-3-14(2)23-19(27)13-29-21-25-24-20(26(21)12-15-7-6-10-28-15)17-11-22-18-9-5-4-8-16(17)18/h4-11,14,22H,3,12-13H2,1-2H3,(H,23,27)/t14-/m1/s1. The number of furan rings is 1. The van der Waals surface area contributed by atoms with Crippen molar-refractivity contribution in [3.63, 3.8) is 0 Å². The molecule has 4 rings (SSSR count). The van der Waals surface area contributed by atoms with Crippen molar-refractivity contribution >= 4 is 28.6 Å². The molecule has 0 aliphatic rings. The van der Waals surface area contributed by atoms with Gasteiger partial charge in [-0.05, 0) is 31.5 Å². The van der Waals surface area contributed by atoms with Crippen molar-refractivity contribution in [2.45, 2.75) is 38.0 Å². The maximum Gasteiger partial charge on any atom is 0.230 e. The van der Waals surface area contributed by atoms with Gasteiger partial charge in [0.05, 0.1) is 18.6 Å². The normalized spacial score (nSPS) is 12.3. The van der Waals surface area contributed by atoms with E-state index in [1.165, 1.54) is 11.8 Å². The predicted molar refractivity (Wildman–Crippen MR) is 114 cm³/mol. The quantitative estimate of drug-likeness (QED) is 0.428. The van der Waals surface area contributed by atoms with Crippen LogP contribution in [0.1, 0.15) is 26.0 Å². The Kier molecular flexibility index (Phi) is 5.71. The van der Waals surface area contributed by atoms with E-state index < -0.39 is 0 Å². The van der Waals surface area contributed by atoms with Crippen molar-refractivity contribution < 1.29 is 9.21 Å².